The van der Waals surface area contributed by atoms with E-state index in [-0.39, 0.29) is 37.3 Å². The number of carbonyl (C=O) groups is 1. The van der Waals surface area contributed by atoms with Crippen LogP contribution in [-0.4, -0.2) is 55.0 Å². The molecular weight excluding hydrogens is 473 g/mol. The average molecular weight is 491 g/mol. The van der Waals surface area contributed by atoms with Crippen molar-refractivity contribution >= 4 is 39.3 Å². The van der Waals surface area contributed by atoms with Crippen LogP contribution in [0.5, 0.6) is 0 Å². The summed E-state index contributed by atoms with van der Waals surface area (Å²) in [6.45, 7) is 0.404. The van der Waals surface area contributed by atoms with Gasteiger partial charge in [0, 0.05) is 31.1 Å². The Hall–Kier alpha value is -1.75. The minimum atomic E-state index is -4.76. The molecule has 0 radical (unpaired) electrons. The second kappa shape index (κ2) is 8.31. The number of fused-ring (bicyclic) bond motifs is 1. The molecule has 2 aliphatic rings. The van der Waals surface area contributed by atoms with Gasteiger partial charge in [-0.15, -0.1) is 11.8 Å². The highest BCUT2D eigenvalue weighted by molar-refractivity contribution is 8.01. The highest BCUT2D eigenvalue weighted by atomic mass is 35.5. The molecule has 0 aliphatic carbocycles. The number of hydrogen-bond donors (Lipinski definition) is 0. The van der Waals surface area contributed by atoms with Crippen molar-refractivity contribution in [2.45, 2.75) is 27.6 Å². The van der Waals surface area contributed by atoms with Crippen LogP contribution < -0.4 is 0 Å². The van der Waals surface area contributed by atoms with E-state index in [0.29, 0.717) is 12.5 Å². The molecule has 0 saturated carbocycles. The van der Waals surface area contributed by atoms with Gasteiger partial charge in [0.25, 0.3) is 0 Å². The van der Waals surface area contributed by atoms with Crippen molar-refractivity contribution in [2.24, 2.45) is 0 Å². The number of amides is 1. The second-order valence-corrected chi connectivity index (χ2v) is 10.9. The number of sulfonamides is 1. The van der Waals surface area contributed by atoms with Gasteiger partial charge in [-0.1, -0.05) is 29.8 Å². The van der Waals surface area contributed by atoms with Gasteiger partial charge in [-0.05, 0) is 36.2 Å². The standard InChI is InChI=1S/C20H18ClF3N2O3S2/c21-16-6-5-14(12-15(16)20(22,23)24)31(28,29)26-9-7-25(8-10-26)19(27)18-11-13-3-1-2-4-17(13)30-18/h1-6,12,18H,7-11H2/t18-/m0/s1. The van der Waals surface area contributed by atoms with Crippen LogP contribution >= 0.6 is 23.4 Å². The quantitative estimate of drug-likeness (QED) is 0.654. The molecule has 31 heavy (non-hydrogen) atoms. The van der Waals surface area contributed by atoms with Crippen molar-refractivity contribution < 1.29 is 26.4 Å². The summed E-state index contributed by atoms with van der Waals surface area (Å²) < 4.78 is 66.2. The molecule has 5 nitrogen and oxygen atoms in total. The van der Waals surface area contributed by atoms with E-state index in [1.807, 2.05) is 24.3 Å². The van der Waals surface area contributed by atoms with Gasteiger partial charge in [0.2, 0.25) is 15.9 Å². The molecule has 1 amide bonds. The van der Waals surface area contributed by atoms with E-state index in [4.69, 9.17) is 11.6 Å². The van der Waals surface area contributed by atoms with E-state index in [9.17, 15) is 26.4 Å². The topological polar surface area (TPSA) is 57.7 Å². The second-order valence-electron chi connectivity index (χ2n) is 7.29. The fourth-order valence-electron chi connectivity index (χ4n) is 3.70. The number of nitrogens with zero attached hydrogens (tertiary/aromatic N) is 2. The minimum absolute atomic E-state index is 0.0163. The summed E-state index contributed by atoms with van der Waals surface area (Å²) in [5, 5.41) is -0.803. The zero-order valence-corrected chi connectivity index (χ0v) is 18.5. The summed E-state index contributed by atoms with van der Waals surface area (Å²) >= 11 is 7.10. The van der Waals surface area contributed by atoms with Gasteiger partial charge in [-0.3, -0.25) is 4.79 Å². The van der Waals surface area contributed by atoms with E-state index in [1.54, 1.807) is 4.90 Å². The number of thioether (sulfide) groups is 1. The maximum Gasteiger partial charge on any atom is 0.417 e. The first-order chi connectivity index (χ1) is 14.6. The zero-order chi connectivity index (χ0) is 22.4. The molecule has 4 rings (SSSR count). The highest BCUT2D eigenvalue weighted by Crippen LogP contribution is 2.38. The summed E-state index contributed by atoms with van der Waals surface area (Å²) in [6, 6.07) is 10.4. The lowest BCUT2D eigenvalue weighted by molar-refractivity contribution is -0.137. The maximum atomic E-state index is 13.1. The van der Waals surface area contributed by atoms with Crippen LogP contribution in [0.3, 0.4) is 0 Å². The molecule has 0 N–H and O–H groups in total. The molecule has 1 saturated heterocycles. The van der Waals surface area contributed by atoms with Gasteiger partial charge in [-0.2, -0.15) is 17.5 Å². The first-order valence-corrected chi connectivity index (χ1v) is 12.2. The molecule has 2 aliphatic heterocycles. The molecule has 1 atom stereocenters. The minimum Gasteiger partial charge on any atom is -0.339 e. The normalized spacial score (nSPS) is 20.0. The summed E-state index contributed by atoms with van der Waals surface area (Å²) in [5.74, 6) is -0.0518. The maximum absolute atomic E-state index is 13.1. The van der Waals surface area contributed by atoms with Gasteiger partial charge in [-0.25, -0.2) is 8.42 Å². The van der Waals surface area contributed by atoms with Gasteiger partial charge >= 0.3 is 6.18 Å². The van der Waals surface area contributed by atoms with E-state index in [0.717, 1.165) is 26.9 Å². The van der Waals surface area contributed by atoms with Crippen LogP contribution in [0, 0.1) is 0 Å². The van der Waals surface area contributed by atoms with E-state index in [2.05, 4.69) is 0 Å². The van der Waals surface area contributed by atoms with Crippen LogP contribution in [0.2, 0.25) is 5.02 Å². The molecule has 0 bridgehead atoms. The van der Waals surface area contributed by atoms with Crippen molar-refractivity contribution in [3.05, 3.63) is 58.6 Å². The summed E-state index contributed by atoms with van der Waals surface area (Å²) in [6.07, 6.45) is -4.13. The van der Waals surface area contributed by atoms with Crippen LogP contribution in [0.1, 0.15) is 11.1 Å². The number of carbonyl (C=O) groups excluding carboxylic acids is 1. The van der Waals surface area contributed by atoms with Crippen molar-refractivity contribution in [3.8, 4) is 0 Å². The highest BCUT2D eigenvalue weighted by Gasteiger charge is 2.38. The lowest BCUT2D eigenvalue weighted by Gasteiger charge is -2.35. The Morgan fingerprint density at radius 1 is 1.06 bits per heavy atom. The number of alkyl halides is 3. The number of hydrogen-bond acceptors (Lipinski definition) is 4. The SMILES string of the molecule is O=C([C@@H]1Cc2ccccc2S1)N1CCN(S(=O)(=O)c2ccc(Cl)c(C(F)(F)F)c2)CC1. The van der Waals surface area contributed by atoms with Crippen LogP contribution in [-0.2, 0) is 27.4 Å². The van der Waals surface area contributed by atoms with Gasteiger partial charge < -0.3 is 4.90 Å². The smallest absolute Gasteiger partial charge is 0.339 e. The Kier molecular flexibility index (Phi) is 6.01. The van der Waals surface area contributed by atoms with E-state index >= 15 is 0 Å². The molecule has 1 fully saturated rings. The van der Waals surface area contributed by atoms with Crippen molar-refractivity contribution in [2.75, 3.05) is 26.2 Å². The monoisotopic (exact) mass is 490 g/mol. The van der Waals surface area contributed by atoms with Crippen molar-refractivity contribution in [3.63, 3.8) is 0 Å². The van der Waals surface area contributed by atoms with Crippen molar-refractivity contribution in [1.29, 1.82) is 0 Å². The summed E-state index contributed by atoms with van der Waals surface area (Å²) in [5.41, 5.74) is -0.0721. The number of benzene rings is 2. The molecule has 11 heteroatoms. The predicted octanol–water partition coefficient (Wildman–Crippen LogP) is 3.91. The van der Waals surface area contributed by atoms with E-state index in [1.165, 1.54) is 11.8 Å². The molecule has 0 unspecified atom stereocenters. The molecule has 0 aromatic heterocycles. The Labute approximate surface area is 187 Å². The van der Waals surface area contributed by atoms with Gasteiger partial charge in [0.15, 0.2) is 0 Å². The van der Waals surface area contributed by atoms with Crippen LogP contribution in [0.25, 0.3) is 0 Å². The molecule has 2 aromatic carbocycles. The first-order valence-electron chi connectivity index (χ1n) is 9.47. The summed E-state index contributed by atoms with van der Waals surface area (Å²) in [7, 11) is -4.14. The number of rotatable bonds is 3. The third-order valence-electron chi connectivity index (χ3n) is 5.35. The lowest BCUT2D eigenvalue weighted by Crippen LogP contribution is -2.52. The first kappa shape index (κ1) is 22.4. The molecule has 166 valence electrons. The molecule has 0 spiro atoms. The summed E-state index contributed by atoms with van der Waals surface area (Å²) in [4.78, 5) is 15.1. The predicted molar refractivity (Wildman–Crippen MR) is 112 cm³/mol. The average Bonchev–Trinajstić information content (AvgIpc) is 3.17. The Morgan fingerprint density at radius 3 is 2.39 bits per heavy atom. The largest absolute Gasteiger partial charge is 0.417 e. The fourth-order valence-corrected chi connectivity index (χ4v) is 6.66. The molecule has 2 heterocycles. The van der Waals surface area contributed by atoms with Crippen molar-refractivity contribution in [1.82, 2.24) is 9.21 Å². The lowest BCUT2D eigenvalue weighted by atomic mass is 10.1. The fraction of sp³-hybridized carbons (Fsp3) is 0.350. The van der Waals surface area contributed by atoms with Crippen LogP contribution in [0.15, 0.2) is 52.3 Å². The van der Waals surface area contributed by atoms with Gasteiger partial charge in [0.05, 0.1) is 20.7 Å². The van der Waals surface area contributed by atoms with Gasteiger partial charge in [0.1, 0.15) is 0 Å². The third kappa shape index (κ3) is 4.44. The number of halogens is 4. The molecular formula is C20H18ClF3N2O3S2. The Bertz CT molecular complexity index is 1090. The van der Waals surface area contributed by atoms with Crippen LogP contribution in [0.4, 0.5) is 13.2 Å². The Balaban J connectivity index is 1.43. The Morgan fingerprint density at radius 2 is 1.74 bits per heavy atom. The molecule has 2 aromatic rings. The number of piperazine rings is 1. The third-order valence-corrected chi connectivity index (χ3v) is 8.88. The zero-order valence-electron chi connectivity index (χ0n) is 16.1. The van der Waals surface area contributed by atoms with E-state index < -0.39 is 31.7 Å².